The van der Waals surface area contributed by atoms with Gasteiger partial charge in [0.05, 0.1) is 6.04 Å². The molecule has 4 rings (SSSR count). The normalized spacial score (nSPS) is 20.8. The van der Waals surface area contributed by atoms with Gasteiger partial charge in [-0.15, -0.1) is 11.3 Å². The first-order valence-electron chi connectivity index (χ1n) is 7.71. The number of fused-ring (bicyclic) bond motifs is 3. The quantitative estimate of drug-likeness (QED) is 0.872. The number of hydrogen-bond acceptors (Lipinski definition) is 5. The van der Waals surface area contributed by atoms with Crippen LogP contribution in [0.5, 0.6) is 0 Å². The number of carbonyl (C=O) groups excluding carboxylic acids is 1. The maximum Gasteiger partial charge on any atom is 0.222 e. The van der Waals surface area contributed by atoms with Crippen molar-refractivity contribution in [3.05, 3.63) is 52.2 Å². The van der Waals surface area contributed by atoms with Gasteiger partial charge in [0.1, 0.15) is 0 Å². The van der Waals surface area contributed by atoms with Gasteiger partial charge in [-0.1, -0.05) is 12.1 Å². The van der Waals surface area contributed by atoms with Gasteiger partial charge in [0, 0.05) is 35.3 Å². The molecule has 2 N–H and O–H groups in total. The third-order valence-corrected chi connectivity index (χ3v) is 4.85. The lowest BCUT2D eigenvalue weighted by molar-refractivity contribution is -0.114. The van der Waals surface area contributed by atoms with Gasteiger partial charge in [-0.2, -0.15) is 0 Å². The number of thiophene rings is 1. The highest BCUT2D eigenvalue weighted by Gasteiger charge is 2.28. The summed E-state index contributed by atoms with van der Waals surface area (Å²) in [5.41, 5.74) is 2.84. The molecule has 5 nitrogen and oxygen atoms in total. The molecule has 2 aromatic rings. The Balaban J connectivity index is 1.57. The molecule has 2 heterocycles. The molecule has 24 heavy (non-hydrogen) atoms. The number of guanidine groups is 1. The van der Waals surface area contributed by atoms with Crippen LogP contribution in [0.3, 0.4) is 0 Å². The van der Waals surface area contributed by atoms with Crippen molar-refractivity contribution in [3.63, 3.8) is 0 Å². The Bertz CT molecular complexity index is 881. The van der Waals surface area contributed by atoms with Crippen LogP contribution in [0.1, 0.15) is 23.4 Å². The Morgan fingerprint density at radius 3 is 3.00 bits per heavy atom. The average molecular weight is 336 g/mol. The predicted octanol–water partition coefficient (Wildman–Crippen LogP) is 3.94. The summed E-state index contributed by atoms with van der Waals surface area (Å²) in [4.78, 5) is 21.7. The van der Waals surface area contributed by atoms with Crippen molar-refractivity contribution >= 4 is 46.9 Å². The minimum absolute atomic E-state index is 0.0785. The number of anilines is 2. The van der Waals surface area contributed by atoms with Gasteiger partial charge in [0.2, 0.25) is 11.9 Å². The minimum atomic E-state index is -0.0954. The van der Waals surface area contributed by atoms with E-state index in [1.54, 1.807) is 11.3 Å². The lowest BCUT2D eigenvalue weighted by Gasteiger charge is -2.25. The van der Waals surface area contributed by atoms with E-state index in [9.17, 15) is 4.79 Å². The number of nitrogens with one attached hydrogen (secondary N) is 2. The van der Waals surface area contributed by atoms with Crippen LogP contribution >= 0.6 is 11.3 Å². The van der Waals surface area contributed by atoms with Crippen LogP contribution in [-0.2, 0) is 4.79 Å². The van der Waals surface area contributed by atoms with Crippen LogP contribution in [0.25, 0.3) is 6.08 Å². The molecule has 2 aliphatic rings. The van der Waals surface area contributed by atoms with Crippen LogP contribution < -0.4 is 10.6 Å². The monoisotopic (exact) mass is 336 g/mol. The number of rotatable bonds is 2. The van der Waals surface area contributed by atoms with Gasteiger partial charge in [0.15, 0.2) is 0 Å². The summed E-state index contributed by atoms with van der Waals surface area (Å²) in [6, 6.07) is 9.73. The van der Waals surface area contributed by atoms with Crippen molar-refractivity contribution in [2.75, 3.05) is 10.6 Å². The molecular weight excluding hydrogens is 320 g/mol. The molecule has 0 fully saturated rings. The second-order valence-corrected chi connectivity index (χ2v) is 6.69. The summed E-state index contributed by atoms with van der Waals surface area (Å²) in [7, 11) is 0. The molecule has 1 aromatic heterocycles. The molecule has 0 saturated heterocycles. The third-order valence-electron chi connectivity index (χ3n) is 3.95. The minimum Gasteiger partial charge on any atom is -0.326 e. The highest BCUT2D eigenvalue weighted by molar-refractivity contribution is 7.11. The summed E-state index contributed by atoms with van der Waals surface area (Å²) in [5, 5.41) is 8.10. The van der Waals surface area contributed by atoms with Gasteiger partial charge >= 0.3 is 0 Å². The van der Waals surface area contributed by atoms with Gasteiger partial charge in [-0.05, 0) is 41.3 Å². The van der Waals surface area contributed by atoms with E-state index in [1.165, 1.54) is 17.4 Å². The summed E-state index contributed by atoms with van der Waals surface area (Å²) in [5.74, 6) is 0.703. The molecule has 1 aliphatic carbocycles. The molecule has 1 amide bonds. The molecule has 0 radical (unpaired) electrons. The fourth-order valence-corrected chi connectivity index (χ4v) is 3.75. The van der Waals surface area contributed by atoms with Gasteiger partial charge < -0.3 is 10.6 Å². The third kappa shape index (κ3) is 2.88. The van der Waals surface area contributed by atoms with Crippen molar-refractivity contribution in [2.24, 2.45) is 15.9 Å². The fourth-order valence-electron chi connectivity index (χ4n) is 2.90. The molecule has 6 heteroatoms. The van der Waals surface area contributed by atoms with Crippen LogP contribution in [0.4, 0.5) is 11.4 Å². The van der Waals surface area contributed by atoms with Crippen LogP contribution in [0.2, 0.25) is 0 Å². The summed E-state index contributed by atoms with van der Waals surface area (Å²) >= 11 is 1.73. The van der Waals surface area contributed by atoms with Crippen molar-refractivity contribution in [1.82, 2.24) is 0 Å². The van der Waals surface area contributed by atoms with Gasteiger partial charge in [0.25, 0.3) is 0 Å². The molecule has 1 aromatic carbocycles. The Morgan fingerprint density at radius 2 is 2.12 bits per heavy atom. The van der Waals surface area contributed by atoms with Crippen LogP contribution in [0, 0.1) is 5.92 Å². The zero-order valence-electron chi connectivity index (χ0n) is 13.1. The van der Waals surface area contributed by atoms with Gasteiger partial charge in [-0.25, -0.2) is 9.98 Å². The number of nitrogens with zero attached hydrogens (tertiary/aromatic N) is 2. The van der Waals surface area contributed by atoms with E-state index in [0.29, 0.717) is 5.96 Å². The Labute approximate surface area is 143 Å². The molecule has 0 spiro atoms. The number of hydrogen-bond donors (Lipinski definition) is 2. The van der Waals surface area contributed by atoms with Crippen molar-refractivity contribution in [1.29, 1.82) is 0 Å². The fraction of sp³-hybridized carbons (Fsp3) is 0.167. The highest BCUT2D eigenvalue weighted by atomic mass is 32.1. The molecule has 0 saturated carbocycles. The maximum atomic E-state index is 11.2. The van der Waals surface area contributed by atoms with Crippen molar-refractivity contribution < 1.29 is 4.79 Å². The van der Waals surface area contributed by atoms with Gasteiger partial charge in [-0.3, -0.25) is 4.79 Å². The SMILES string of the molecule is CC(=O)Nc1cccc(NC2=NC3c4ccsc4C=CC3C=N2)c1. The second kappa shape index (κ2) is 6.05. The van der Waals surface area contributed by atoms with E-state index in [0.717, 1.165) is 11.4 Å². The summed E-state index contributed by atoms with van der Waals surface area (Å²) in [6.07, 6.45) is 6.25. The largest absolute Gasteiger partial charge is 0.326 e. The zero-order chi connectivity index (χ0) is 16.5. The zero-order valence-corrected chi connectivity index (χ0v) is 13.9. The topological polar surface area (TPSA) is 65.8 Å². The Morgan fingerprint density at radius 1 is 1.25 bits per heavy atom. The average Bonchev–Trinajstić information content (AvgIpc) is 3.03. The van der Waals surface area contributed by atoms with E-state index >= 15 is 0 Å². The molecule has 2 unspecified atom stereocenters. The number of carbonyl (C=O) groups is 1. The standard InChI is InChI=1S/C18H16N4OS/c1-11(23)20-13-3-2-4-14(9-13)21-18-19-10-12-5-6-16-15(7-8-24-16)17(12)22-18/h2-10,12,17H,1H3,(H,20,23)(H,21,22). The predicted molar refractivity (Wildman–Crippen MR) is 99.9 cm³/mol. The highest BCUT2D eigenvalue weighted by Crippen LogP contribution is 2.38. The van der Waals surface area contributed by atoms with E-state index in [2.05, 4.69) is 39.2 Å². The number of amides is 1. The Hall–Kier alpha value is -2.73. The first-order valence-corrected chi connectivity index (χ1v) is 8.59. The number of benzene rings is 1. The van der Waals surface area contributed by atoms with Crippen LogP contribution in [-0.4, -0.2) is 18.1 Å². The van der Waals surface area contributed by atoms with Crippen molar-refractivity contribution in [3.8, 4) is 0 Å². The first-order chi connectivity index (χ1) is 11.7. The first kappa shape index (κ1) is 14.8. The lowest BCUT2D eigenvalue weighted by atomic mass is 9.89. The lowest BCUT2D eigenvalue weighted by Crippen LogP contribution is -2.23. The summed E-state index contributed by atoms with van der Waals surface area (Å²) < 4.78 is 0. The van der Waals surface area contributed by atoms with Crippen LogP contribution in [0.15, 0.2) is 51.8 Å². The Kier molecular flexibility index (Phi) is 3.74. The molecule has 0 bridgehead atoms. The van der Waals surface area contributed by atoms with E-state index in [1.807, 2.05) is 30.5 Å². The van der Waals surface area contributed by atoms with Crippen molar-refractivity contribution in [2.45, 2.75) is 13.0 Å². The van der Waals surface area contributed by atoms with E-state index in [-0.39, 0.29) is 17.9 Å². The molecule has 2 atom stereocenters. The molecular formula is C18H16N4OS. The number of aliphatic imine (C=N–C) groups is 2. The summed E-state index contributed by atoms with van der Waals surface area (Å²) in [6.45, 7) is 1.49. The second-order valence-electron chi connectivity index (χ2n) is 5.74. The maximum absolute atomic E-state index is 11.2. The molecule has 1 aliphatic heterocycles. The van der Waals surface area contributed by atoms with E-state index in [4.69, 9.17) is 4.99 Å². The smallest absolute Gasteiger partial charge is 0.222 e. The molecule has 120 valence electrons. The van der Waals surface area contributed by atoms with E-state index < -0.39 is 0 Å².